The van der Waals surface area contributed by atoms with Crippen LogP contribution in [0, 0.1) is 0 Å². The summed E-state index contributed by atoms with van der Waals surface area (Å²) in [6, 6.07) is 10.4. The number of amides is 1. The van der Waals surface area contributed by atoms with Crippen molar-refractivity contribution < 1.29 is 4.79 Å². The van der Waals surface area contributed by atoms with Crippen LogP contribution in [0.15, 0.2) is 24.3 Å². The molecule has 3 fully saturated rings. The number of piperidine rings is 2. The Morgan fingerprint density at radius 3 is 2.48 bits per heavy atom. The van der Waals surface area contributed by atoms with E-state index in [4.69, 9.17) is 11.6 Å². The van der Waals surface area contributed by atoms with Crippen molar-refractivity contribution in [1.29, 1.82) is 0 Å². The number of halogens is 1. The number of rotatable bonds is 3. The van der Waals surface area contributed by atoms with Gasteiger partial charge in [-0.3, -0.25) is 9.69 Å². The topological polar surface area (TPSA) is 32.3 Å². The average Bonchev–Trinajstić information content (AvgIpc) is 3.38. The highest BCUT2D eigenvalue weighted by Gasteiger charge is 2.45. The van der Waals surface area contributed by atoms with Crippen LogP contribution in [0.2, 0.25) is 5.02 Å². The molecule has 1 aromatic heterocycles. The number of nitrogens with one attached hydrogen (secondary N) is 1. The monoisotopic (exact) mass is 374 g/mol. The van der Waals surface area contributed by atoms with Crippen LogP contribution in [0.25, 0.3) is 10.1 Å². The van der Waals surface area contributed by atoms with Gasteiger partial charge in [-0.15, -0.1) is 11.3 Å². The maximum absolute atomic E-state index is 12.9. The number of hydrogen-bond donors (Lipinski definition) is 1. The van der Waals surface area contributed by atoms with Crippen LogP contribution in [0.5, 0.6) is 0 Å². The standard InChI is InChI=1S/C20H23ClN2OS/c21-18-16-6-1-2-7-17(16)25-19(18)20(24)22-12-10-14-4-3-5-15(11-12)23(14)13-8-9-13/h1-2,6-7,12-15H,3-5,8-11H2,(H,22,24)/t12?,14-,15+. The van der Waals surface area contributed by atoms with Gasteiger partial charge < -0.3 is 5.32 Å². The Morgan fingerprint density at radius 1 is 1.08 bits per heavy atom. The molecule has 3 nitrogen and oxygen atoms in total. The van der Waals surface area contributed by atoms with Gasteiger partial charge >= 0.3 is 0 Å². The Bertz CT molecular complexity index is 801. The lowest BCUT2D eigenvalue weighted by atomic mass is 9.81. The maximum atomic E-state index is 12.9. The molecule has 3 atom stereocenters. The molecule has 1 aliphatic carbocycles. The average molecular weight is 375 g/mol. The van der Waals surface area contributed by atoms with Gasteiger partial charge in [0.05, 0.1) is 5.02 Å². The molecule has 132 valence electrons. The van der Waals surface area contributed by atoms with Gasteiger partial charge in [-0.25, -0.2) is 0 Å². The van der Waals surface area contributed by atoms with Crippen molar-refractivity contribution in [1.82, 2.24) is 10.2 Å². The van der Waals surface area contributed by atoms with Crippen LogP contribution in [-0.4, -0.2) is 35.0 Å². The van der Waals surface area contributed by atoms with Gasteiger partial charge in [0, 0.05) is 34.3 Å². The Kier molecular flexibility index (Phi) is 4.03. The molecule has 2 bridgehead atoms. The largest absolute Gasteiger partial charge is 0.348 e. The molecular formula is C20H23ClN2OS. The van der Waals surface area contributed by atoms with Crippen molar-refractivity contribution in [2.24, 2.45) is 0 Å². The van der Waals surface area contributed by atoms with Crippen LogP contribution in [0.1, 0.15) is 54.6 Å². The summed E-state index contributed by atoms with van der Waals surface area (Å²) in [5.41, 5.74) is 0. The van der Waals surface area contributed by atoms with E-state index in [1.54, 1.807) is 0 Å². The lowest BCUT2D eigenvalue weighted by molar-refractivity contribution is 0.0175. The first-order chi connectivity index (χ1) is 12.2. The molecule has 1 unspecified atom stereocenters. The zero-order chi connectivity index (χ0) is 17.0. The molecule has 2 aromatic rings. The third-order valence-electron chi connectivity index (χ3n) is 6.08. The second-order valence-corrected chi connectivity index (χ2v) is 9.23. The van der Waals surface area contributed by atoms with Crippen molar-refractivity contribution in [2.45, 2.75) is 69.1 Å². The van der Waals surface area contributed by atoms with Crippen molar-refractivity contribution in [3.05, 3.63) is 34.2 Å². The zero-order valence-corrected chi connectivity index (χ0v) is 15.8. The smallest absolute Gasteiger partial charge is 0.263 e. The lowest BCUT2D eigenvalue weighted by Crippen LogP contribution is -2.57. The van der Waals surface area contributed by atoms with Gasteiger partial charge in [-0.2, -0.15) is 0 Å². The summed E-state index contributed by atoms with van der Waals surface area (Å²) in [4.78, 5) is 16.3. The first kappa shape index (κ1) is 16.1. The van der Waals surface area contributed by atoms with Crippen LogP contribution < -0.4 is 5.32 Å². The SMILES string of the molecule is O=C(NC1C[C@H]2CCC[C@@H](C1)N2C1CC1)c1sc2ccccc2c1Cl. The van der Waals surface area contributed by atoms with E-state index in [0.29, 0.717) is 28.0 Å². The molecule has 2 aliphatic heterocycles. The van der Waals surface area contributed by atoms with Crippen molar-refractivity contribution in [3.63, 3.8) is 0 Å². The third kappa shape index (κ3) is 2.88. The zero-order valence-electron chi connectivity index (χ0n) is 14.2. The van der Waals surface area contributed by atoms with Crippen LogP contribution in [0.4, 0.5) is 0 Å². The van der Waals surface area contributed by atoms with E-state index in [1.807, 2.05) is 24.3 Å². The summed E-state index contributed by atoms with van der Waals surface area (Å²) in [5.74, 6) is 0.00847. The van der Waals surface area contributed by atoms with E-state index >= 15 is 0 Å². The third-order valence-corrected chi connectivity index (χ3v) is 7.75. The summed E-state index contributed by atoms with van der Waals surface area (Å²) in [7, 11) is 0. The predicted molar refractivity (Wildman–Crippen MR) is 104 cm³/mol. The summed E-state index contributed by atoms with van der Waals surface area (Å²) < 4.78 is 1.08. The van der Waals surface area contributed by atoms with Crippen LogP contribution in [-0.2, 0) is 0 Å². The minimum Gasteiger partial charge on any atom is -0.348 e. The van der Waals surface area contributed by atoms with Crippen LogP contribution in [0.3, 0.4) is 0 Å². The van der Waals surface area contributed by atoms with Gasteiger partial charge in [0.2, 0.25) is 0 Å². The van der Waals surface area contributed by atoms with Gasteiger partial charge in [-0.05, 0) is 44.6 Å². The van der Waals surface area contributed by atoms with E-state index < -0.39 is 0 Å². The number of benzene rings is 1. The molecule has 0 radical (unpaired) electrons. The number of hydrogen-bond acceptors (Lipinski definition) is 3. The number of carbonyl (C=O) groups is 1. The van der Waals surface area contributed by atoms with E-state index in [1.165, 1.54) is 43.4 Å². The molecule has 3 aliphatic rings. The molecule has 0 spiro atoms. The second kappa shape index (κ2) is 6.26. The Hall–Kier alpha value is -1.10. The van der Waals surface area contributed by atoms with Crippen molar-refractivity contribution in [2.75, 3.05) is 0 Å². The summed E-state index contributed by atoms with van der Waals surface area (Å²) in [6.45, 7) is 0. The first-order valence-corrected chi connectivity index (χ1v) is 10.7. The minimum absolute atomic E-state index is 0.00847. The normalized spacial score (nSPS) is 29.7. The fraction of sp³-hybridized carbons (Fsp3) is 0.550. The summed E-state index contributed by atoms with van der Waals surface area (Å²) in [5, 5.41) is 4.90. The molecular weight excluding hydrogens is 352 g/mol. The molecule has 1 amide bonds. The highest BCUT2D eigenvalue weighted by atomic mass is 35.5. The quantitative estimate of drug-likeness (QED) is 0.834. The Labute approximate surface area is 157 Å². The highest BCUT2D eigenvalue weighted by Crippen LogP contribution is 2.42. The Morgan fingerprint density at radius 2 is 1.80 bits per heavy atom. The molecule has 25 heavy (non-hydrogen) atoms. The maximum Gasteiger partial charge on any atom is 0.263 e. The lowest BCUT2D eigenvalue weighted by Gasteiger charge is -2.49. The summed E-state index contributed by atoms with van der Waals surface area (Å²) in [6.07, 6.45) is 8.89. The fourth-order valence-electron chi connectivity index (χ4n) is 4.92. The minimum atomic E-state index is 0.00847. The second-order valence-electron chi connectivity index (χ2n) is 7.80. The number of carbonyl (C=O) groups excluding carboxylic acids is 1. The molecule has 1 saturated carbocycles. The summed E-state index contributed by atoms with van der Waals surface area (Å²) >= 11 is 7.98. The van der Waals surface area contributed by atoms with Crippen molar-refractivity contribution >= 4 is 38.9 Å². The van der Waals surface area contributed by atoms with Crippen molar-refractivity contribution in [3.8, 4) is 0 Å². The van der Waals surface area contributed by atoms with Gasteiger partial charge in [0.25, 0.3) is 5.91 Å². The molecule has 1 N–H and O–H groups in total. The van der Waals surface area contributed by atoms with E-state index in [-0.39, 0.29) is 5.91 Å². The van der Waals surface area contributed by atoms with Gasteiger partial charge in [0.15, 0.2) is 0 Å². The van der Waals surface area contributed by atoms with E-state index in [0.717, 1.165) is 29.0 Å². The Balaban J connectivity index is 1.33. The highest BCUT2D eigenvalue weighted by molar-refractivity contribution is 7.21. The van der Waals surface area contributed by atoms with Crippen LogP contribution >= 0.6 is 22.9 Å². The van der Waals surface area contributed by atoms with E-state index in [9.17, 15) is 4.79 Å². The first-order valence-electron chi connectivity index (χ1n) is 9.46. The molecule has 3 heterocycles. The molecule has 1 aromatic carbocycles. The van der Waals surface area contributed by atoms with E-state index in [2.05, 4.69) is 10.2 Å². The number of nitrogens with zero attached hydrogens (tertiary/aromatic N) is 1. The molecule has 5 rings (SSSR count). The van der Waals surface area contributed by atoms with Gasteiger partial charge in [-0.1, -0.05) is 36.2 Å². The molecule has 2 saturated heterocycles. The fourth-order valence-corrected chi connectivity index (χ4v) is 6.34. The van der Waals surface area contributed by atoms with Gasteiger partial charge in [0.1, 0.15) is 4.88 Å². The molecule has 5 heteroatoms. The number of fused-ring (bicyclic) bond motifs is 3. The predicted octanol–water partition coefficient (Wildman–Crippen LogP) is 4.83. The number of thiophene rings is 1.